The summed E-state index contributed by atoms with van der Waals surface area (Å²) in [4.78, 5) is 0. The van der Waals surface area contributed by atoms with Crippen LogP contribution >= 0.6 is 0 Å². The Balaban J connectivity index is 3.03. The van der Waals surface area contributed by atoms with E-state index in [1.807, 2.05) is 7.05 Å². The molecule has 62 valence electrons. The lowest BCUT2D eigenvalue weighted by atomic mass is 10.0. The van der Waals surface area contributed by atoms with Gasteiger partial charge in [-0.2, -0.15) is 0 Å². The zero-order chi connectivity index (χ0) is 7.98. The van der Waals surface area contributed by atoms with Crippen molar-refractivity contribution < 1.29 is 0 Å². The fourth-order valence-electron chi connectivity index (χ4n) is 0.893. The van der Waals surface area contributed by atoms with Crippen molar-refractivity contribution in [2.75, 3.05) is 13.6 Å². The van der Waals surface area contributed by atoms with E-state index >= 15 is 0 Å². The molecular weight excluding hydrogens is 124 g/mol. The van der Waals surface area contributed by atoms with Gasteiger partial charge in [0.2, 0.25) is 0 Å². The van der Waals surface area contributed by atoms with Crippen LogP contribution in [-0.4, -0.2) is 18.6 Å². The molecule has 0 saturated heterocycles. The number of hydrogen-bond acceptors (Lipinski definition) is 2. The largest absolute Gasteiger partial charge is 0.269 e. The first-order valence-corrected chi connectivity index (χ1v) is 4.12. The van der Waals surface area contributed by atoms with Crippen LogP contribution in [0.2, 0.25) is 0 Å². The van der Waals surface area contributed by atoms with Gasteiger partial charge < -0.3 is 0 Å². The van der Waals surface area contributed by atoms with E-state index in [2.05, 4.69) is 13.8 Å². The van der Waals surface area contributed by atoms with E-state index in [-0.39, 0.29) is 0 Å². The standard InChI is InChI=1S/C8H20N2/c1-4-8(2)6-5-7-10(3)9/h8H,4-7,9H2,1-3H3. The summed E-state index contributed by atoms with van der Waals surface area (Å²) in [7, 11) is 1.91. The second-order valence-corrected chi connectivity index (χ2v) is 3.14. The van der Waals surface area contributed by atoms with Gasteiger partial charge in [0.05, 0.1) is 0 Å². The van der Waals surface area contributed by atoms with E-state index in [9.17, 15) is 0 Å². The van der Waals surface area contributed by atoms with Crippen molar-refractivity contribution in [1.29, 1.82) is 0 Å². The predicted octanol–water partition coefficient (Wildman–Crippen LogP) is 1.62. The maximum Gasteiger partial charge on any atom is 0.0125 e. The molecule has 1 atom stereocenters. The Bertz CT molecular complexity index is 71.7. The van der Waals surface area contributed by atoms with Gasteiger partial charge in [0.15, 0.2) is 0 Å². The van der Waals surface area contributed by atoms with Crippen molar-refractivity contribution in [3.8, 4) is 0 Å². The number of nitrogens with zero attached hydrogens (tertiary/aromatic N) is 1. The molecule has 0 aliphatic carbocycles. The fraction of sp³-hybridized carbons (Fsp3) is 1.00. The molecule has 0 aliphatic heterocycles. The molecule has 0 saturated carbocycles. The van der Waals surface area contributed by atoms with E-state index < -0.39 is 0 Å². The SMILES string of the molecule is CCC(C)CCCN(C)N. The molecule has 0 spiro atoms. The van der Waals surface area contributed by atoms with E-state index in [0.29, 0.717) is 0 Å². The average Bonchev–Trinajstić information content (AvgIpc) is 1.87. The van der Waals surface area contributed by atoms with Gasteiger partial charge in [0, 0.05) is 13.6 Å². The molecule has 0 aromatic carbocycles. The molecule has 2 N–H and O–H groups in total. The number of hydrogen-bond donors (Lipinski definition) is 1. The summed E-state index contributed by atoms with van der Waals surface area (Å²) in [6.07, 6.45) is 3.81. The van der Waals surface area contributed by atoms with Crippen molar-refractivity contribution in [2.24, 2.45) is 11.8 Å². The normalized spacial score (nSPS) is 14.1. The van der Waals surface area contributed by atoms with E-state index in [1.165, 1.54) is 19.3 Å². The lowest BCUT2D eigenvalue weighted by molar-refractivity contribution is 0.325. The number of hydrazine groups is 1. The van der Waals surface area contributed by atoms with Crippen LogP contribution < -0.4 is 5.84 Å². The van der Waals surface area contributed by atoms with Gasteiger partial charge in [0.25, 0.3) is 0 Å². The van der Waals surface area contributed by atoms with Gasteiger partial charge >= 0.3 is 0 Å². The molecule has 0 rings (SSSR count). The zero-order valence-corrected chi connectivity index (χ0v) is 7.43. The minimum atomic E-state index is 0.861. The minimum absolute atomic E-state index is 0.861. The molecule has 0 aromatic heterocycles. The van der Waals surface area contributed by atoms with Crippen molar-refractivity contribution >= 4 is 0 Å². The maximum atomic E-state index is 5.45. The van der Waals surface area contributed by atoms with Crippen LogP contribution in [0.15, 0.2) is 0 Å². The Morgan fingerprint density at radius 3 is 2.50 bits per heavy atom. The lowest BCUT2D eigenvalue weighted by Crippen LogP contribution is -2.27. The third-order valence-corrected chi connectivity index (χ3v) is 1.90. The Morgan fingerprint density at radius 1 is 1.50 bits per heavy atom. The summed E-state index contributed by atoms with van der Waals surface area (Å²) in [5.41, 5.74) is 0. The second-order valence-electron chi connectivity index (χ2n) is 3.14. The maximum absolute atomic E-state index is 5.45. The van der Waals surface area contributed by atoms with Crippen LogP contribution in [-0.2, 0) is 0 Å². The van der Waals surface area contributed by atoms with Gasteiger partial charge in [-0.3, -0.25) is 10.9 Å². The summed E-state index contributed by atoms with van der Waals surface area (Å²) in [6.45, 7) is 5.54. The monoisotopic (exact) mass is 144 g/mol. The molecule has 1 unspecified atom stereocenters. The Morgan fingerprint density at radius 2 is 2.10 bits per heavy atom. The number of nitrogens with two attached hydrogens (primary N) is 1. The highest BCUT2D eigenvalue weighted by molar-refractivity contribution is 4.51. The Kier molecular flexibility index (Phi) is 5.64. The quantitative estimate of drug-likeness (QED) is 0.469. The Labute approximate surface area is 64.4 Å². The zero-order valence-electron chi connectivity index (χ0n) is 7.43. The molecule has 0 heterocycles. The molecule has 0 amide bonds. The van der Waals surface area contributed by atoms with Crippen LogP contribution in [0.4, 0.5) is 0 Å². The molecule has 2 nitrogen and oxygen atoms in total. The summed E-state index contributed by atoms with van der Waals surface area (Å²) in [5, 5.41) is 1.75. The van der Waals surface area contributed by atoms with E-state index in [1.54, 1.807) is 5.01 Å². The molecule has 0 fully saturated rings. The summed E-state index contributed by atoms with van der Waals surface area (Å²) in [5.74, 6) is 6.31. The lowest BCUT2D eigenvalue weighted by Gasteiger charge is -2.11. The summed E-state index contributed by atoms with van der Waals surface area (Å²) in [6, 6.07) is 0. The highest BCUT2D eigenvalue weighted by Crippen LogP contribution is 2.08. The minimum Gasteiger partial charge on any atom is -0.269 e. The van der Waals surface area contributed by atoms with E-state index in [0.717, 1.165) is 12.5 Å². The molecule has 0 bridgehead atoms. The Hall–Kier alpha value is -0.0800. The second kappa shape index (κ2) is 5.69. The molecule has 2 heteroatoms. The fourth-order valence-corrected chi connectivity index (χ4v) is 0.893. The van der Waals surface area contributed by atoms with Crippen molar-refractivity contribution in [3.05, 3.63) is 0 Å². The summed E-state index contributed by atoms with van der Waals surface area (Å²) >= 11 is 0. The van der Waals surface area contributed by atoms with Crippen LogP contribution in [0.5, 0.6) is 0 Å². The summed E-state index contributed by atoms with van der Waals surface area (Å²) < 4.78 is 0. The molecule has 0 aromatic rings. The van der Waals surface area contributed by atoms with Crippen LogP contribution in [0.3, 0.4) is 0 Å². The molecule has 10 heavy (non-hydrogen) atoms. The van der Waals surface area contributed by atoms with E-state index in [4.69, 9.17) is 5.84 Å². The first-order chi connectivity index (χ1) is 4.66. The smallest absolute Gasteiger partial charge is 0.0125 e. The first kappa shape index (κ1) is 9.92. The third-order valence-electron chi connectivity index (χ3n) is 1.90. The number of rotatable bonds is 5. The molecular formula is C8H20N2. The highest BCUT2D eigenvalue weighted by atomic mass is 15.4. The topological polar surface area (TPSA) is 29.3 Å². The van der Waals surface area contributed by atoms with Gasteiger partial charge in [-0.15, -0.1) is 0 Å². The third kappa shape index (κ3) is 6.05. The van der Waals surface area contributed by atoms with Crippen LogP contribution in [0.25, 0.3) is 0 Å². The van der Waals surface area contributed by atoms with Crippen molar-refractivity contribution in [1.82, 2.24) is 5.01 Å². The van der Waals surface area contributed by atoms with Crippen LogP contribution in [0, 0.1) is 5.92 Å². The molecule has 0 aliphatic rings. The van der Waals surface area contributed by atoms with Gasteiger partial charge in [-0.05, 0) is 18.8 Å². The van der Waals surface area contributed by atoms with Gasteiger partial charge in [-0.25, -0.2) is 0 Å². The van der Waals surface area contributed by atoms with Crippen molar-refractivity contribution in [3.63, 3.8) is 0 Å². The van der Waals surface area contributed by atoms with Gasteiger partial charge in [-0.1, -0.05) is 20.3 Å². The van der Waals surface area contributed by atoms with Crippen molar-refractivity contribution in [2.45, 2.75) is 33.1 Å². The molecule has 0 radical (unpaired) electrons. The average molecular weight is 144 g/mol. The highest BCUT2D eigenvalue weighted by Gasteiger charge is 1.98. The predicted molar refractivity (Wildman–Crippen MR) is 45.5 cm³/mol. The van der Waals surface area contributed by atoms with Crippen LogP contribution in [0.1, 0.15) is 33.1 Å². The van der Waals surface area contributed by atoms with Gasteiger partial charge in [0.1, 0.15) is 0 Å². The first-order valence-electron chi connectivity index (χ1n) is 4.12.